The largest absolute Gasteiger partial charge is 0.461 e. The molecule has 1 aliphatic heterocycles. The number of ether oxygens (including phenoxy) is 1. The van der Waals surface area contributed by atoms with Gasteiger partial charge in [0.15, 0.2) is 0 Å². The first kappa shape index (κ1) is 24.2. The lowest BCUT2D eigenvalue weighted by Crippen LogP contribution is -2.64. The van der Waals surface area contributed by atoms with Crippen LogP contribution in [0.5, 0.6) is 0 Å². The van der Waals surface area contributed by atoms with Gasteiger partial charge in [0.1, 0.15) is 6.10 Å². The molecule has 0 unspecified atom stereocenters. The van der Waals surface area contributed by atoms with Crippen LogP contribution in [-0.4, -0.2) is 35.0 Å². The van der Waals surface area contributed by atoms with E-state index in [1.54, 1.807) is 0 Å². The normalized spacial score (nSPS) is 56.0. The topological polar surface area (TPSA) is 66.8 Å². The first-order valence-corrected chi connectivity index (χ1v) is 14.1. The monoisotopic (exact) mass is 482 g/mol. The highest BCUT2D eigenvalue weighted by Gasteiger charge is 2.71. The molecule has 194 valence electrons. The third-order valence-corrected chi connectivity index (χ3v) is 13.5. The molecule has 6 rings (SSSR count). The molecule has 1 spiro atoms. The van der Waals surface area contributed by atoms with Crippen molar-refractivity contribution in [3.05, 3.63) is 23.3 Å². The minimum Gasteiger partial charge on any atom is -0.461 e. The molecule has 10 atom stereocenters. The maximum atomic E-state index is 13.5. The minimum atomic E-state index is -0.501. The molecule has 6 aliphatic rings. The first-order chi connectivity index (χ1) is 16.2. The predicted octanol–water partition coefficient (Wildman–Crippen LogP) is 5.82. The molecule has 1 saturated heterocycles. The van der Waals surface area contributed by atoms with Gasteiger partial charge in [-0.05, 0) is 83.7 Å². The summed E-state index contributed by atoms with van der Waals surface area (Å²) in [5, 5.41) is 21.3. The van der Waals surface area contributed by atoms with E-state index in [2.05, 4.69) is 60.6 Å². The van der Waals surface area contributed by atoms with Crippen molar-refractivity contribution in [2.24, 2.45) is 50.2 Å². The first-order valence-electron chi connectivity index (χ1n) is 14.1. The maximum absolute atomic E-state index is 13.5. The van der Waals surface area contributed by atoms with E-state index >= 15 is 0 Å². The van der Waals surface area contributed by atoms with Gasteiger partial charge in [-0.1, -0.05) is 60.6 Å². The van der Waals surface area contributed by atoms with Crippen LogP contribution in [0.3, 0.4) is 0 Å². The van der Waals surface area contributed by atoms with E-state index in [1.807, 2.05) is 0 Å². The molecule has 35 heavy (non-hydrogen) atoms. The number of allylic oxidation sites excluding steroid dienone is 3. The fraction of sp³-hybridized carbons (Fsp3) is 0.839. The standard InChI is InChI=1S/C31H46O4/c1-18-14-31-16-24(35-25(31)34)27(4,17-32)15-20(31)19-8-9-22-28(5)12-11-23(33)26(2,3)21(28)10-13-29(22,6)30(18,19)7/h8-9,18,21-24,32-33H,10-17H2,1-7H3/t18-,21-,22+,23-,24-,27-,28-,29+,30+,31+/m0/s1. The van der Waals surface area contributed by atoms with Gasteiger partial charge in [0, 0.05) is 17.3 Å². The molecule has 0 aromatic carbocycles. The second-order valence-corrected chi connectivity index (χ2v) is 15.1. The molecule has 2 bridgehead atoms. The van der Waals surface area contributed by atoms with E-state index in [9.17, 15) is 15.0 Å². The number of hydrogen-bond donors (Lipinski definition) is 2. The zero-order valence-electron chi connectivity index (χ0n) is 22.9. The summed E-state index contributed by atoms with van der Waals surface area (Å²) >= 11 is 0. The number of aliphatic hydroxyl groups excluding tert-OH is 2. The summed E-state index contributed by atoms with van der Waals surface area (Å²) < 4.78 is 5.98. The average Bonchev–Trinajstić information content (AvgIpc) is 3.08. The van der Waals surface area contributed by atoms with Crippen LogP contribution in [-0.2, 0) is 9.53 Å². The van der Waals surface area contributed by atoms with Crippen molar-refractivity contribution in [3.63, 3.8) is 0 Å². The van der Waals surface area contributed by atoms with Gasteiger partial charge in [-0.2, -0.15) is 0 Å². The summed E-state index contributed by atoms with van der Waals surface area (Å²) in [4.78, 5) is 13.5. The lowest BCUT2D eigenvalue weighted by atomic mass is 9.34. The van der Waals surface area contributed by atoms with E-state index < -0.39 is 10.8 Å². The van der Waals surface area contributed by atoms with Crippen molar-refractivity contribution in [2.75, 3.05) is 6.61 Å². The predicted molar refractivity (Wildman–Crippen MR) is 136 cm³/mol. The van der Waals surface area contributed by atoms with Crippen molar-refractivity contribution in [3.8, 4) is 0 Å². The molecule has 0 aromatic rings. The molecule has 4 fully saturated rings. The van der Waals surface area contributed by atoms with E-state index in [0.29, 0.717) is 17.8 Å². The Labute approximate surface area is 211 Å². The molecule has 0 amide bonds. The number of hydrogen-bond acceptors (Lipinski definition) is 4. The van der Waals surface area contributed by atoms with Gasteiger partial charge >= 0.3 is 5.97 Å². The van der Waals surface area contributed by atoms with Gasteiger partial charge in [0.25, 0.3) is 0 Å². The van der Waals surface area contributed by atoms with Crippen LogP contribution < -0.4 is 0 Å². The number of esters is 1. The van der Waals surface area contributed by atoms with Gasteiger partial charge in [0.05, 0.1) is 18.1 Å². The van der Waals surface area contributed by atoms with Gasteiger partial charge in [-0.3, -0.25) is 4.79 Å². The van der Waals surface area contributed by atoms with Crippen molar-refractivity contribution in [2.45, 2.75) is 106 Å². The van der Waals surface area contributed by atoms with E-state index in [4.69, 9.17) is 4.74 Å². The van der Waals surface area contributed by atoms with Crippen LogP contribution in [0.25, 0.3) is 0 Å². The molecular formula is C31H46O4. The summed E-state index contributed by atoms with van der Waals surface area (Å²) in [5.74, 6) is 1.27. The zero-order valence-corrected chi connectivity index (χ0v) is 22.9. The smallest absolute Gasteiger partial charge is 0.316 e. The quantitative estimate of drug-likeness (QED) is 0.462. The highest BCUT2D eigenvalue weighted by molar-refractivity contribution is 5.85. The van der Waals surface area contributed by atoms with E-state index in [0.717, 1.165) is 44.9 Å². The fourth-order valence-corrected chi connectivity index (χ4v) is 10.9. The Balaban J connectivity index is 1.54. The number of fused-ring (bicyclic) bond motifs is 6. The lowest BCUT2D eigenvalue weighted by molar-refractivity contribution is -0.189. The van der Waals surface area contributed by atoms with Crippen LogP contribution in [0, 0.1) is 50.2 Å². The van der Waals surface area contributed by atoms with Crippen LogP contribution in [0.2, 0.25) is 0 Å². The Morgan fingerprint density at radius 2 is 1.77 bits per heavy atom. The highest BCUT2D eigenvalue weighted by atomic mass is 16.6. The Morgan fingerprint density at radius 3 is 2.46 bits per heavy atom. The van der Waals surface area contributed by atoms with Crippen molar-refractivity contribution < 1.29 is 19.7 Å². The molecule has 3 saturated carbocycles. The minimum absolute atomic E-state index is 0.0345. The summed E-state index contributed by atoms with van der Waals surface area (Å²) in [5.41, 5.74) is 1.89. The zero-order chi connectivity index (χ0) is 25.4. The van der Waals surface area contributed by atoms with Gasteiger partial charge in [-0.15, -0.1) is 0 Å². The van der Waals surface area contributed by atoms with Crippen LogP contribution in [0.1, 0.15) is 93.4 Å². The van der Waals surface area contributed by atoms with Crippen LogP contribution in [0.15, 0.2) is 23.3 Å². The fourth-order valence-electron chi connectivity index (χ4n) is 10.9. The van der Waals surface area contributed by atoms with Gasteiger partial charge < -0.3 is 14.9 Å². The third kappa shape index (κ3) is 2.55. The summed E-state index contributed by atoms with van der Waals surface area (Å²) in [6, 6.07) is 0. The van der Waals surface area contributed by atoms with Gasteiger partial charge in [-0.25, -0.2) is 0 Å². The Morgan fingerprint density at radius 1 is 1.06 bits per heavy atom. The van der Waals surface area contributed by atoms with E-state index in [-0.39, 0.29) is 46.4 Å². The molecule has 2 N–H and O–H groups in total. The number of aliphatic hydroxyl groups is 2. The SMILES string of the molecule is C[C@H]1C[C@]23C[C@H](OC2=O)[C@](C)(CO)CC3=C2C=C[C@@H]3[C@@]4(C)CC[C@H](O)C(C)(C)[C@@H]4CC[C@@]3(C)[C@@]21C. The van der Waals surface area contributed by atoms with Crippen molar-refractivity contribution in [1.29, 1.82) is 0 Å². The molecule has 4 nitrogen and oxygen atoms in total. The molecule has 1 heterocycles. The molecular weight excluding hydrogens is 436 g/mol. The molecule has 5 aliphatic carbocycles. The number of carbonyl (C=O) groups excluding carboxylic acids is 1. The lowest BCUT2D eigenvalue weighted by Gasteiger charge is -2.70. The molecule has 0 radical (unpaired) electrons. The Bertz CT molecular complexity index is 1040. The second kappa shape index (κ2) is 6.84. The van der Waals surface area contributed by atoms with Crippen LogP contribution >= 0.6 is 0 Å². The average molecular weight is 483 g/mol. The Kier molecular flexibility index (Phi) is 4.73. The van der Waals surface area contributed by atoms with Gasteiger partial charge in [0.2, 0.25) is 0 Å². The number of rotatable bonds is 1. The van der Waals surface area contributed by atoms with Crippen molar-refractivity contribution in [1.82, 2.24) is 0 Å². The second-order valence-electron chi connectivity index (χ2n) is 15.1. The highest BCUT2D eigenvalue weighted by Crippen LogP contribution is 2.76. The summed E-state index contributed by atoms with van der Waals surface area (Å²) in [6.07, 6.45) is 11.1. The third-order valence-electron chi connectivity index (χ3n) is 13.5. The Hall–Kier alpha value is -1.13. The maximum Gasteiger partial charge on any atom is 0.316 e. The van der Waals surface area contributed by atoms with Crippen LogP contribution in [0.4, 0.5) is 0 Å². The van der Waals surface area contributed by atoms with Crippen molar-refractivity contribution >= 4 is 5.97 Å². The number of carbonyl (C=O) groups is 1. The summed E-state index contributed by atoms with van der Waals surface area (Å²) in [7, 11) is 0. The van der Waals surface area contributed by atoms with E-state index in [1.165, 1.54) is 11.1 Å². The summed E-state index contributed by atoms with van der Waals surface area (Å²) in [6.45, 7) is 16.7. The molecule has 4 heteroatoms. The molecule has 0 aromatic heterocycles.